The van der Waals surface area contributed by atoms with Crippen LogP contribution in [0.1, 0.15) is 13.3 Å². The average Bonchev–Trinajstić information content (AvgIpc) is 2.38. The lowest BCUT2D eigenvalue weighted by atomic mass is 10.3. The summed E-state index contributed by atoms with van der Waals surface area (Å²) in [5.41, 5.74) is -1.17. The zero-order valence-corrected chi connectivity index (χ0v) is 12.2. The van der Waals surface area contributed by atoms with E-state index >= 15 is 0 Å². The van der Waals surface area contributed by atoms with Crippen LogP contribution in [0.5, 0.6) is 0 Å². The number of aliphatic hydroxyl groups excluding tert-OH is 1. The van der Waals surface area contributed by atoms with E-state index < -0.39 is 30.4 Å². The van der Waals surface area contributed by atoms with Gasteiger partial charge in [0.15, 0.2) is 0 Å². The number of pyridine rings is 1. The Labute approximate surface area is 125 Å². The van der Waals surface area contributed by atoms with Crippen molar-refractivity contribution in [2.45, 2.75) is 32.2 Å². The second-order valence-electron chi connectivity index (χ2n) is 4.96. The molecule has 0 bridgehead atoms. The fraction of sp³-hybridized carbons (Fsp3) is 0.538. The minimum absolute atomic E-state index is 0.236. The molecular weight excluding hydrogens is 303 g/mol. The van der Waals surface area contributed by atoms with Crippen LogP contribution in [-0.2, 0) is 6.54 Å². The predicted octanol–water partition coefficient (Wildman–Crippen LogP) is 1.65. The number of halogens is 3. The average molecular weight is 321 g/mol. The molecule has 9 heteroatoms. The Hall–Kier alpha value is -2.03. The molecule has 6 nitrogen and oxygen atoms in total. The lowest BCUT2D eigenvalue weighted by molar-refractivity contribution is -0.141. The Morgan fingerprint density at radius 1 is 1.50 bits per heavy atom. The van der Waals surface area contributed by atoms with E-state index in [0.29, 0.717) is 11.0 Å². The van der Waals surface area contributed by atoms with Gasteiger partial charge in [-0.25, -0.2) is 4.79 Å². The van der Waals surface area contributed by atoms with Gasteiger partial charge in [-0.05, 0) is 25.5 Å². The van der Waals surface area contributed by atoms with Crippen molar-refractivity contribution in [1.29, 1.82) is 0 Å². The Morgan fingerprint density at radius 3 is 2.68 bits per heavy atom. The highest BCUT2D eigenvalue weighted by molar-refractivity contribution is 5.88. The largest absolute Gasteiger partial charge is 0.406 e. The summed E-state index contributed by atoms with van der Waals surface area (Å²) in [5.74, 6) is 0. The number of carbonyl (C=O) groups excluding carboxylic acids is 1. The molecule has 0 fully saturated rings. The third-order valence-electron chi connectivity index (χ3n) is 2.84. The first-order valence-electron chi connectivity index (χ1n) is 6.56. The van der Waals surface area contributed by atoms with Crippen molar-refractivity contribution in [1.82, 2.24) is 9.47 Å². The smallest absolute Gasteiger partial charge is 0.393 e. The van der Waals surface area contributed by atoms with Crippen LogP contribution in [0.15, 0.2) is 23.1 Å². The quantitative estimate of drug-likeness (QED) is 0.866. The van der Waals surface area contributed by atoms with Gasteiger partial charge >= 0.3 is 12.2 Å². The van der Waals surface area contributed by atoms with Crippen LogP contribution in [0.2, 0.25) is 0 Å². The third kappa shape index (κ3) is 5.76. The molecule has 0 aliphatic carbocycles. The molecule has 1 heterocycles. The van der Waals surface area contributed by atoms with Crippen LogP contribution in [0.4, 0.5) is 23.7 Å². The first kappa shape index (κ1) is 18.0. The molecule has 124 valence electrons. The summed E-state index contributed by atoms with van der Waals surface area (Å²) >= 11 is 0. The number of aromatic nitrogens is 1. The summed E-state index contributed by atoms with van der Waals surface area (Å²) in [6.45, 7) is 0.388. The van der Waals surface area contributed by atoms with E-state index in [9.17, 15) is 22.8 Å². The van der Waals surface area contributed by atoms with E-state index in [4.69, 9.17) is 5.11 Å². The van der Waals surface area contributed by atoms with Gasteiger partial charge in [0.05, 0.1) is 6.10 Å². The van der Waals surface area contributed by atoms with E-state index in [-0.39, 0.29) is 12.2 Å². The third-order valence-corrected chi connectivity index (χ3v) is 2.84. The van der Waals surface area contributed by atoms with Gasteiger partial charge in [0.2, 0.25) is 0 Å². The highest BCUT2D eigenvalue weighted by Crippen LogP contribution is 2.16. The van der Waals surface area contributed by atoms with Crippen molar-refractivity contribution >= 4 is 11.7 Å². The van der Waals surface area contributed by atoms with E-state index in [2.05, 4.69) is 5.32 Å². The van der Waals surface area contributed by atoms with Gasteiger partial charge in [-0.3, -0.25) is 4.79 Å². The molecular formula is C13H18F3N3O3. The lowest BCUT2D eigenvalue weighted by Crippen LogP contribution is -2.36. The molecule has 0 saturated heterocycles. The Balaban J connectivity index is 2.79. The van der Waals surface area contributed by atoms with E-state index in [1.165, 1.54) is 24.1 Å². The summed E-state index contributed by atoms with van der Waals surface area (Å²) in [7, 11) is 1.45. The molecule has 0 aliphatic rings. The number of hydrogen-bond acceptors (Lipinski definition) is 3. The molecule has 22 heavy (non-hydrogen) atoms. The summed E-state index contributed by atoms with van der Waals surface area (Å²) < 4.78 is 37.5. The highest BCUT2D eigenvalue weighted by Gasteiger charge is 2.28. The van der Waals surface area contributed by atoms with Gasteiger partial charge in [-0.15, -0.1) is 0 Å². The van der Waals surface area contributed by atoms with Gasteiger partial charge in [0.1, 0.15) is 12.2 Å². The van der Waals surface area contributed by atoms with Crippen LogP contribution < -0.4 is 10.9 Å². The Morgan fingerprint density at radius 2 is 2.14 bits per heavy atom. The normalized spacial score (nSPS) is 12.8. The maximum Gasteiger partial charge on any atom is 0.406 e. The Bertz CT molecular complexity index is 570. The molecule has 1 aromatic heterocycles. The second-order valence-corrected chi connectivity index (χ2v) is 4.96. The highest BCUT2D eigenvalue weighted by atomic mass is 19.4. The molecule has 0 radical (unpaired) electrons. The summed E-state index contributed by atoms with van der Waals surface area (Å²) in [6.07, 6.45) is -3.77. The van der Waals surface area contributed by atoms with Gasteiger partial charge in [-0.2, -0.15) is 13.2 Å². The van der Waals surface area contributed by atoms with E-state index in [0.717, 1.165) is 6.20 Å². The molecule has 2 N–H and O–H groups in total. The van der Waals surface area contributed by atoms with E-state index in [1.807, 2.05) is 0 Å². The van der Waals surface area contributed by atoms with Crippen LogP contribution in [0.3, 0.4) is 0 Å². The van der Waals surface area contributed by atoms with E-state index in [1.54, 1.807) is 6.92 Å². The zero-order chi connectivity index (χ0) is 16.9. The van der Waals surface area contributed by atoms with Gasteiger partial charge in [0, 0.05) is 19.8 Å². The summed E-state index contributed by atoms with van der Waals surface area (Å²) in [4.78, 5) is 24.9. The number of nitrogens with one attached hydrogen (secondary N) is 1. The van der Waals surface area contributed by atoms with Crippen LogP contribution in [0.25, 0.3) is 0 Å². The first-order chi connectivity index (χ1) is 10.1. The minimum atomic E-state index is -4.53. The van der Waals surface area contributed by atoms with Crippen LogP contribution in [-0.4, -0.2) is 46.5 Å². The summed E-state index contributed by atoms with van der Waals surface area (Å²) in [5, 5.41) is 11.4. The van der Waals surface area contributed by atoms with Crippen molar-refractivity contribution in [3.05, 3.63) is 28.7 Å². The van der Waals surface area contributed by atoms with Gasteiger partial charge in [0.25, 0.3) is 5.56 Å². The maximum atomic E-state index is 12.3. The molecule has 1 unspecified atom stereocenters. The lowest BCUT2D eigenvalue weighted by Gasteiger charge is -2.19. The molecule has 1 atom stereocenters. The molecule has 1 rings (SSSR count). The summed E-state index contributed by atoms with van der Waals surface area (Å²) in [6, 6.07) is 1.84. The second kappa shape index (κ2) is 7.30. The van der Waals surface area contributed by atoms with Crippen LogP contribution >= 0.6 is 0 Å². The number of hydrogen-bond donors (Lipinski definition) is 2. The van der Waals surface area contributed by atoms with Gasteiger partial charge in [-0.1, -0.05) is 0 Å². The number of nitrogens with zero attached hydrogens (tertiary/aromatic N) is 2. The molecule has 0 aliphatic heterocycles. The fourth-order valence-electron chi connectivity index (χ4n) is 1.64. The molecule has 0 spiro atoms. The predicted molar refractivity (Wildman–Crippen MR) is 74.7 cm³/mol. The van der Waals surface area contributed by atoms with Crippen molar-refractivity contribution in [3.63, 3.8) is 0 Å². The maximum absolute atomic E-state index is 12.3. The van der Waals surface area contributed by atoms with Crippen molar-refractivity contribution in [2.24, 2.45) is 0 Å². The molecule has 0 aromatic carbocycles. The zero-order valence-electron chi connectivity index (χ0n) is 12.2. The topological polar surface area (TPSA) is 74.6 Å². The first-order valence-corrected chi connectivity index (χ1v) is 6.56. The number of anilines is 1. The molecule has 2 amide bonds. The SMILES string of the molecule is CC(O)CCN(C)C(=O)Nc1cccn(CC(F)(F)F)c1=O. The van der Waals surface area contributed by atoms with Crippen molar-refractivity contribution < 1.29 is 23.1 Å². The number of alkyl halides is 3. The number of carbonyl (C=O) groups is 1. The monoisotopic (exact) mass is 321 g/mol. The van der Waals surface area contributed by atoms with Crippen molar-refractivity contribution in [2.75, 3.05) is 18.9 Å². The minimum Gasteiger partial charge on any atom is -0.393 e. The number of aliphatic hydroxyl groups is 1. The number of urea groups is 1. The van der Waals surface area contributed by atoms with Crippen molar-refractivity contribution in [3.8, 4) is 0 Å². The Kier molecular flexibility index (Phi) is 5.98. The molecule has 1 aromatic rings. The fourth-order valence-corrected chi connectivity index (χ4v) is 1.64. The number of rotatable bonds is 5. The van der Waals surface area contributed by atoms with Gasteiger partial charge < -0.3 is 19.9 Å². The molecule has 0 saturated carbocycles. The van der Waals surface area contributed by atoms with Crippen LogP contribution in [0, 0.1) is 0 Å². The number of amides is 2. The standard InChI is InChI=1S/C13H18F3N3O3/c1-9(20)5-7-18(2)12(22)17-10-4-3-6-19(11(10)21)8-13(14,15)16/h3-4,6,9,20H,5,7-8H2,1-2H3,(H,17,22).